The normalized spacial score (nSPS) is 11.4. The van der Waals surface area contributed by atoms with Gasteiger partial charge in [-0.15, -0.1) is 0 Å². The number of amides is 1. The molecule has 0 atom stereocenters. The Balaban J connectivity index is 1.96. The molecule has 130 valence electrons. The molecule has 0 aliphatic heterocycles. The number of rotatable bonds is 4. The highest BCUT2D eigenvalue weighted by Crippen LogP contribution is 2.30. The van der Waals surface area contributed by atoms with Crippen LogP contribution in [0.3, 0.4) is 0 Å². The average molecular weight is 384 g/mol. The largest absolute Gasteiger partial charge is 0.360 e. The SMILES string of the molecule is CCc1cccc2c(/C=C(\C#N)C(=O)Nc3c(Cl)cccc3Cl)c[nH]c12. The Morgan fingerprint density at radius 1 is 1.23 bits per heavy atom. The maximum absolute atomic E-state index is 12.5. The third kappa shape index (κ3) is 3.45. The number of nitrogens with zero attached hydrogens (tertiary/aromatic N) is 1. The molecule has 6 heteroatoms. The van der Waals surface area contributed by atoms with Crippen LogP contribution in [0.15, 0.2) is 48.2 Å². The van der Waals surface area contributed by atoms with Crippen molar-refractivity contribution in [2.75, 3.05) is 5.32 Å². The first-order valence-electron chi connectivity index (χ1n) is 8.01. The number of nitriles is 1. The molecule has 26 heavy (non-hydrogen) atoms. The van der Waals surface area contributed by atoms with Gasteiger partial charge in [0.05, 0.1) is 15.7 Å². The van der Waals surface area contributed by atoms with E-state index in [4.69, 9.17) is 23.2 Å². The summed E-state index contributed by atoms with van der Waals surface area (Å²) >= 11 is 12.1. The molecule has 0 aliphatic rings. The molecule has 4 nitrogen and oxygen atoms in total. The zero-order chi connectivity index (χ0) is 18.7. The van der Waals surface area contributed by atoms with Crippen molar-refractivity contribution in [3.05, 3.63) is 69.3 Å². The van der Waals surface area contributed by atoms with Gasteiger partial charge in [0, 0.05) is 22.7 Å². The summed E-state index contributed by atoms with van der Waals surface area (Å²) in [5.41, 5.74) is 3.20. The highest BCUT2D eigenvalue weighted by atomic mass is 35.5. The molecule has 0 saturated heterocycles. The second-order valence-corrected chi connectivity index (χ2v) is 6.47. The van der Waals surface area contributed by atoms with Crippen molar-refractivity contribution in [3.8, 4) is 6.07 Å². The van der Waals surface area contributed by atoms with E-state index >= 15 is 0 Å². The van der Waals surface area contributed by atoms with E-state index in [9.17, 15) is 10.1 Å². The maximum atomic E-state index is 12.5. The van der Waals surface area contributed by atoms with Crippen molar-refractivity contribution in [1.82, 2.24) is 4.98 Å². The Hall–Kier alpha value is -2.74. The molecule has 2 N–H and O–H groups in total. The molecule has 3 aromatic rings. The molecular weight excluding hydrogens is 369 g/mol. The van der Waals surface area contributed by atoms with E-state index in [0.29, 0.717) is 10.0 Å². The van der Waals surface area contributed by atoms with Gasteiger partial charge in [-0.25, -0.2) is 0 Å². The number of aromatic amines is 1. The first kappa shape index (κ1) is 18.1. The number of para-hydroxylation sites is 2. The monoisotopic (exact) mass is 383 g/mol. The molecule has 2 aromatic carbocycles. The van der Waals surface area contributed by atoms with E-state index in [1.54, 1.807) is 30.5 Å². The molecule has 3 rings (SSSR count). The van der Waals surface area contributed by atoms with E-state index in [-0.39, 0.29) is 11.3 Å². The van der Waals surface area contributed by atoms with Crippen LogP contribution in [0, 0.1) is 11.3 Å². The Kier molecular flexibility index (Phi) is 5.32. The number of carbonyl (C=O) groups excluding carboxylic acids is 1. The number of aromatic nitrogens is 1. The Morgan fingerprint density at radius 2 is 1.92 bits per heavy atom. The zero-order valence-electron chi connectivity index (χ0n) is 13.9. The molecule has 0 spiro atoms. The number of nitrogens with one attached hydrogen (secondary N) is 2. The summed E-state index contributed by atoms with van der Waals surface area (Å²) in [4.78, 5) is 15.7. The van der Waals surface area contributed by atoms with Gasteiger partial charge in [-0.2, -0.15) is 5.26 Å². The number of hydrogen-bond donors (Lipinski definition) is 2. The van der Waals surface area contributed by atoms with Crippen LogP contribution < -0.4 is 5.32 Å². The minimum absolute atomic E-state index is 0.0382. The van der Waals surface area contributed by atoms with Crippen LogP contribution in [-0.4, -0.2) is 10.9 Å². The molecule has 0 fully saturated rings. The van der Waals surface area contributed by atoms with E-state index in [1.807, 2.05) is 24.3 Å². The van der Waals surface area contributed by atoms with Crippen LogP contribution in [0.5, 0.6) is 0 Å². The van der Waals surface area contributed by atoms with Crippen molar-refractivity contribution in [2.24, 2.45) is 0 Å². The lowest BCUT2D eigenvalue weighted by molar-refractivity contribution is -0.112. The molecule has 0 aliphatic carbocycles. The summed E-state index contributed by atoms with van der Waals surface area (Å²) in [6.45, 7) is 2.08. The van der Waals surface area contributed by atoms with Crippen LogP contribution in [0.25, 0.3) is 17.0 Å². The summed E-state index contributed by atoms with van der Waals surface area (Å²) in [5, 5.41) is 13.6. The van der Waals surface area contributed by atoms with Gasteiger partial charge >= 0.3 is 0 Å². The zero-order valence-corrected chi connectivity index (χ0v) is 15.4. The molecular formula is C20H15Cl2N3O. The lowest BCUT2D eigenvalue weighted by atomic mass is 10.1. The molecule has 0 bridgehead atoms. The van der Waals surface area contributed by atoms with Crippen molar-refractivity contribution in [3.63, 3.8) is 0 Å². The van der Waals surface area contributed by atoms with Gasteiger partial charge in [0.15, 0.2) is 0 Å². The quantitative estimate of drug-likeness (QED) is 0.455. The van der Waals surface area contributed by atoms with Crippen LogP contribution in [0.1, 0.15) is 18.1 Å². The number of aryl methyl sites for hydroxylation is 1. The van der Waals surface area contributed by atoms with Crippen LogP contribution in [-0.2, 0) is 11.2 Å². The minimum atomic E-state index is -0.566. The summed E-state index contributed by atoms with van der Waals surface area (Å²) in [6.07, 6.45) is 4.23. The minimum Gasteiger partial charge on any atom is -0.360 e. The number of hydrogen-bond acceptors (Lipinski definition) is 2. The average Bonchev–Trinajstić information content (AvgIpc) is 3.05. The predicted octanol–water partition coefficient (Wildman–Crippen LogP) is 5.58. The second kappa shape index (κ2) is 7.65. The molecule has 0 radical (unpaired) electrons. The van der Waals surface area contributed by atoms with Crippen molar-refractivity contribution >= 4 is 51.8 Å². The van der Waals surface area contributed by atoms with Crippen LogP contribution >= 0.6 is 23.2 Å². The lowest BCUT2D eigenvalue weighted by Gasteiger charge is -2.08. The van der Waals surface area contributed by atoms with Gasteiger partial charge in [-0.1, -0.05) is 54.4 Å². The summed E-state index contributed by atoms with van der Waals surface area (Å²) in [6, 6.07) is 12.8. The highest BCUT2D eigenvalue weighted by Gasteiger charge is 2.15. The van der Waals surface area contributed by atoms with Crippen molar-refractivity contribution in [1.29, 1.82) is 5.26 Å². The second-order valence-electron chi connectivity index (χ2n) is 5.66. The third-order valence-electron chi connectivity index (χ3n) is 4.08. The van der Waals surface area contributed by atoms with Crippen molar-refractivity contribution in [2.45, 2.75) is 13.3 Å². The summed E-state index contributed by atoms with van der Waals surface area (Å²) in [5.74, 6) is -0.566. The van der Waals surface area contributed by atoms with Crippen LogP contribution in [0.2, 0.25) is 10.0 Å². The highest BCUT2D eigenvalue weighted by molar-refractivity contribution is 6.40. The number of H-pyrrole nitrogens is 1. The molecule has 1 aromatic heterocycles. The standard InChI is InChI=1S/C20H15Cl2N3O/c1-2-12-5-3-6-15-14(11-24-18(12)15)9-13(10-23)20(26)25-19-16(21)7-4-8-17(19)22/h3-9,11,24H,2H2,1H3,(H,25,26)/b13-9+. The number of carbonyl (C=O) groups is 1. The van der Waals surface area contributed by atoms with Gasteiger partial charge in [0.1, 0.15) is 11.6 Å². The van der Waals surface area contributed by atoms with E-state index < -0.39 is 5.91 Å². The topological polar surface area (TPSA) is 68.7 Å². The van der Waals surface area contributed by atoms with E-state index in [1.165, 1.54) is 5.56 Å². The van der Waals surface area contributed by atoms with E-state index in [0.717, 1.165) is 22.9 Å². The Bertz CT molecular complexity index is 1040. The fraction of sp³-hybridized carbons (Fsp3) is 0.100. The van der Waals surface area contributed by atoms with Gasteiger partial charge in [0.25, 0.3) is 5.91 Å². The third-order valence-corrected chi connectivity index (χ3v) is 4.71. The fourth-order valence-electron chi connectivity index (χ4n) is 2.76. The van der Waals surface area contributed by atoms with E-state index in [2.05, 4.69) is 17.2 Å². The van der Waals surface area contributed by atoms with Crippen molar-refractivity contribution < 1.29 is 4.79 Å². The molecule has 0 unspecified atom stereocenters. The Labute approximate surface area is 161 Å². The number of fused-ring (bicyclic) bond motifs is 1. The van der Waals surface area contributed by atoms with Gasteiger partial charge in [0.2, 0.25) is 0 Å². The molecule has 0 saturated carbocycles. The lowest BCUT2D eigenvalue weighted by Crippen LogP contribution is -2.14. The predicted molar refractivity (Wildman–Crippen MR) is 106 cm³/mol. The number of benzene rings is 2. The number of anilines is 1. The summed E-state index contributed by atoms with van der Waals surface area (Å²) in [7, 11) is 0. The first-order valence-corrected chi connectivity index (χ1v) is 8.77. The smallest absolute Gasteiger partial charge is 0.266 e. The fourth-order valence-corrected chi connectivity index (χ4v) is 3.25. The van der Waals surface area contributed by atoms with Gasteiger partial charge in [-0.05, 0) is 30.2 Å². The maximum Gasteiger partial charge on any atom is 0.266 e. The molecule has 1 heterocycles. The van der Waals surface area contributed by atoms with Gasteiger partial charge < -0.3 is 10.3 Å². The van der Waals surface area contributed by atoms with Gasteiger partial charge in [-0.3, -0.25) is 4.79 Å². The Morgan fingerprint density at radius 3 is 2.58 bits per heavy atom. The summed E-state index contributed by atoms with van der Waals surface area (Å²) < 4.78 is 0. The number of halogens is 2. The van der Waals surface area contributed by atoms with Crippen LogP contribution in [0.4, 0.5) is 5.69 Å². The first-order chi connectivity index (χ1) is 12.5. The molecule has 1 amide bonds.